The lowest BCUT2D eigenvalue weighted by molar-refractivity contribution is 0.355. The quantitative estimate of drug-likeness (QED) is 0.743. The second kappa shape index (κ2) is 7.09. The molecule has 3 rings (SSSR count). The molecule has 0 aliphatic rings. The average molecular weight is 336 g/mol. The molecule has 0 radical (unpaired) electrons. The lowest BCUT2D eigenvalue weighted by Gasteiger charge is -2.14. The van der Waals surface area contributed by atoms with Gasteiger partial charge in [-0.05, 0) is 23.3 Å². The van der Waals surface area contributed by atoms with E-state index < -0.39 is 0 Å². The molecule has 0 aliphatic heterocycles. The fourth-order valence-electron chi connectivity index (χ4n) is 2.77. The van der Waals surface area contributed by atoms with Crippen LogP contribution in [0.15, 0.2) is 48.5 Å². The van der Waals surface area contributed by atoms with Crippen LogP contribution in [-0.4, -0.2) is 24.2 Å². The van der Waals surface area contributed by atoms with Gasteiger partial charge in [-0.3, -0.25) is 0 Å². The van der Waals surface area contributed by atoms with Crippen molar-refractivity contribution in [3.63, 3.8) is 0 Å². The summed E-state index contributed by atoms with van der Waals surface area (Å²) in [5.74, 6) is 1.76. The molecule has 6 heteroatoms. The fourth-order valence-corrected chi connectivity index (χ4v) is 2.77. The van der Waals surface area contributed by atoms with Gasteiger partial charge in [0.15, 0.2) is 11.5 Å². The number of methoxy groups -OCH3 is 2. The summed E-state index contributed by atoms with van der Waals surface area (Å²) in [5.41, 5.74) is 15.5. The predicted molar refractivity (Wildman–Crippen MR) is 98.6 cm³/mol. The molecule has 0 aliphatic carbocycles. The predicted octanol–water partition coefficient (Wildman–Crippen LogP) is 2.92. The molecular formula is C19H20N4O2. The van der Waals surface area contributed by atoms with Crippen LogP contribution in [-0.2, 0) is 6.42 Å². The number of benzene rings is 2. The molecular weight excluding hydrogens is 316 g/mol. The fraction of sp³-hybridized carbons (Fsp3) is 0.158. The molecule has 3 aromatic rings. The summed E-state index contributed by atoms with van der Waals surface area (Å²) in [5, 5.41) is 0. The van der Waals surface area contributed by atoms with Crippen LogP contribution in [0.25, 0.3) is 11.1 Å². The lowest BCUT2D eigenvalue weighted by atomic mass is 9.99. The molecule has 1 heterocycles. The Morgan fingerprint density at radius 3 is 2.28 bits per heavy atom. The van der Waals surface area contributed by atoms with Crippen molar-refractivity contribution in [1.82, 2.24) is 9.97 Å². The summed E-state index contributed by atoms with van der Waals surface area (Å²) in [6.07, 6.45) is 0.599. The molecule has 0 saturated heterocycles. The molecule has 0 unspecified atom stereocenters. The van der Waals surface area contributed by atoms with Crippen LogP contribution < -0.4 is 20.9 Å². The van der Waals surface area contributed by atoms with E-state index >= 15 is 0 Å². The topological polar surface area (TPSA) is 96.3 Å². The Morgan fingerprint density at radius 1 is 0.880 bits per heavy atom. The van der Waals surface area contributed by atoms with Crippen molar-refractivity contribution in [1.29, 1.82) is 0 Å². The zero-order valence-corrected chi connectivity index (χ0v) is 14.2. The van der Waals surface area contributed by atoms with Crippen molar-refractivity contribution in [2.24, 2.45) is 0 Å². The van der Waals surface area contributed by atoms with Crippen LogP contribution in [0.4, 0.5) is 11.8 Å². The van der Waals surface area contributed by atoms with Crippen LogP contribution in [0, 0.1) is 0 Å². The molecule has 0 fully saturated rings. The van der Waals surface area contributed by atoms with Gasteiger partial charge in [-0.25, -0.2) is 4.98 Å². The van der Waals surface area contributed by atoms with Gasteiger partial charge in [0.1, 0.15) is 5.82 Å². The van der Waals surface area contributed by atoms with Crippen molar-refractivity contribution >= 4 is 11.8 Å². The van der Waals surface area contributed by atoms with E-state index in [9.17, 15) is 0 Å². The maximum absolute atomic E-state index is 6.17. The molecule has 2 aromatic carbocycles. The first-order valence-electron chi connectivity index (χ1n) is 7.80. The van der Waals surface area contributed by atoms with Gasteiger partial charge in [0.05, 0.1) is 19.9 Å². The molecule has 0 saturated carbocycles. The molecule has 6 nitrogen and oxygen atoms in total. The Morgan fingerprint density at radius 2 is 1.60 bits per heavy atom. The van der Waals surface area contributed by atoms with Gasteiger partial charge < -0.3 is 20.9 Å². The second-order valence-electron chi connectivity index (χ2n) is 5.52. The summed E-state index contributed by atoms with van der Waals surface area (Å²) >= 11 is 0. The second-order valence-corrected chi connectivity index (χ2v) is 5.52. The summed E-state index contributed by atoms with van der Waals surface area (Å²) < 4.78 is 10.7. The number of hydrogen-bond acceptors (Lipinski definition) is 6. The van der Waals surface area contributed by atoms with Crippen molar-refractivity contribution in [3.8, 4) is 22.6 Å². The lowest BCUT2D eigenvalue weighted by Crippen LogP contribution is -2.07. The Labute approximate surface area is 146 Å². The first-order chi connectivity index (χ1) is 12.1. The van der Waals surface area contributed by atoms with E-state index in [1.54, 1.807) is 14.2 Å². The van der Waals surface area contributed by atoms with Gasteiger partial charge in [0, 0.05) is 12.0 Å². The van der Waals surface area contributed by atoms with Crippen molar-refractivity contribution < 1.29 is 9.47 Å². The van der Waals surface area contributed by atoms with Crippen LogP contribution in [0.1, 0.15) is 11.3 Å². The summed E-state index contributed by atoms with van der Waals surface area (Å²) in [7, 11) is 3.19. The third-order valence-electron chi connectivity index (χ3n) is 3.92. The number of hydrogen-bond donors (Lipinski definition) is 2. The minimum atomic E-state index is 0.160. The molecule has 4 N–H and O–H groups in total. The minimum Gasteiger partial charge on any atom is -0.493 e. The molecule has 0 amide bonds. The molecule has 1 aromatic heterocycles. The Kier molecular flexibility index (Phi) is 4.70. The third-order valence-corrected chi connectivity index (χ3v) is 3.92. The standard InChI is InChI=1S/C19H20N4O2/c1-24-15-9-8-13(11-16(15)25-2)17-14(22-19(21)23-18(17)20)10-12-6-4-3-5-7-12/h3-9,11H,10H2,1-2H3,(H4,20,21,22,23). The van der Waals surface area contributed by atoms with Gasteiger partial charge in [0.25, 0.3) is 0 Å². The number of nitrogens with zero attached hydrogens (tertiary/aromatic N) is 2. The minimum absolute atomic E-state index is 0.160. The summed E-state index contributed by atoms with van der Waals surface area (Å²) in [6.45, 7) is 0. The van der Waals surface area contributed by atoms with Crippen molar-refractivity contribution in [2.75, 3.05) is 25.7 Å². The highest BCUT2D eigenvalue weighted by Gasteiger charge is 2.16. The van der Waals surface area contributed by atoms with Crippen LogP contribution in [0.5, 0.6) is 11.5 Å². The maximum Gasteiger partial charge on any atom is 0.222 e. The van der Waals surface area contributed by atoms with E-state index in [1.165, 1.54) is 0 Å². The Hall–Kier alpha value is -3.28. The smallest absolute Gasteiger partial charge is 0.222 e. The normalized spacial score (nSPS) is 10.5. The highest BCUT2D eigenvalue weighted by molar-refractivity contribution is 5.78. The SMILES string of the molecule is COc1ccc(-c2c(N)nc(N)nc2Cc2ccccc2)cc1OC. The molecule has 128 valence electrons. The van der Waals surface area contributed by atoms with Gasteiger partial charge in [-0.15, -0.1) is 0 Å². The molecule has 0 bridgehead atoms. The van der Waals surface area contributed by atoms with Gasteiger partial charge in [-0.1, -0.05) is 36.4 Å². The zero-order valence-electron chi connectivity index (χ0n) is 14.2. The number of nitrogens with two attached hydrogens (primary N) is 2. The van der Waals surface area contributed by atoms with E-state index in [4.69, 9.17) is 20.9 Å². The van der Waals surface area contributed by atoms with Crippen LogP contribution in [0.2, 0.25) is 0 Å². The summed E-state index contributed by atoms with van der Waals surface area (Å²) in [6, 6.07) is 15.6. The van der Waals surface area contributed by atoms with E-state index in [1.807, 2.05) is 48.5 Å². The van der Waals surface area contributed by atoms with Crippen LogP contribution in [0.3, 0.4) is 0 Å². The van der Waals surface area contributed by atoms with E-state index in [0.717, 1.165) is 22.4 Å². The third kappa shape index (κ3) is 3.47. The largest absolute Gasteiger partial charge is 0.493 e. The highest BCUT2D eigenvalue weighted by Crippen LogP contribution is 2.36. The first kappa shape index (κ1) is 16.6. The highest BCUT2D eigenvalue weighted by atomic mass is 16.5. The van der Waals surface area contributed by atoms with Crippen LogP contribution >= 0.6 is 0 Å². The first-order valence-corrected chi connectivity index (χ1v) is 7.80. The number of ether oxygens (including phenoxy) is 2. The van der Waals surface area contributed by atoms with Gasteiger partial charge >= 0.3 is 0 Å². The molecule has 0 atom stereocenters. The zero-order chi connectivity index (χ0) is 17.8. The monoisotopic (exact) mass is 336 g/mol. The maximum atomic E-state index is 6.17. The van der Waals surface area contributed by atoms with E-state index in [2.05, 4.69) is 9.97 Å². The number of nitrogen functional groups attached to an aromatic ring is 2. The Balaban J connectivity index is 2.12. The average Bonchev–Trinajstić information content (AvgIpc) is 2.61. The Bertz CT molecular complexity index is 882. The summed E-state index contributed by atoms with van der Waals surface area (Å²) in [4.78, 5) is 8.54. The number of anilines is 2. The molecule has 0 spiro atoms. The van der Waals surface area contributed by atoms with Gasteiger partial charge in [0.2, 0.25) is 5.95 Å². The van der Waals surface area contributed by atoms with E-state index in [0.29, 0.717) is 23.7 Å². The van der Waals surface area contributed by atoms with Gasteiger partial charge in [-0.2, -0.15) is 4.98 Å². The van der Waals surface area contributed by atoms with Crippen molar-refractivity contribution in [3.05, 3.63) is 59.8 Å². The number of rotatable bonds is 5. The van der Waals surface area contributed by atoms with E-state index in [-0.39, 0.29) is 5.95 Å². The molecule has 25 heavy (non-hydrogen) atoms. The van der Waals surface area contributed by atoms with Crippen molar-refractivity contribution in [2.45, 2.75) is 6.42 Å². The number of aromatic nitrogens is 2.